The predicted molar refractivity (Wildman–Crippen MR) is 119 cm³/mol. The third-order valence-electron chi connectivity index (χ3n) is 4.75. The second-order valence-corrected chi connectivity index (χ2v) is 8.63. The van der Waals surface area contributed by atoms with Gasteiger partial charge in [-0.1, -0.05) is 6.07 Å². The molecule has 3 aromatic carbocycles. The van der Waals surface area contributed by atoms with E-state index in [-0.39, 0.29) is 4.90 Å². The van der Waals surface area contributed by atoms with Crippen LogP contribution in [-0.4, -0.2) is 27.4 Å². The summed E-state index contributed by atoms with van der Waals surface area (Å²) in [4.78, 5) is 24.0. The molecular weight excluding hydrogens is 416 g/mol. The van der Waals surface area contributed by atoms with Gasteiger partial charge in [-0.25, -0.2) is 13.2 Å². The maximum atomic E-state index is 12.6. The van der Waals surface area contributed by atoms with Crippen LogP contribution < -0.4 is 10.0 Å². The van der Waals surface area contributed by atoms with E-state index in [4.69, 9.17) is 0 Å². The average molecular weight is 439 g/mol. The Morgan fingerprint density at radius 1 is 0.774 bits per heavy atom. The number of methoxy groups -OCH3 is 1. The lowest BCUT2D eigenvalue weighted by Gasteiger charge is -2.11. The maximum Gasteiger partial charge on any atom is 0.337 e. The minimum Gasteiger partial charge on any atom is -0.465 e. The third-order valence-corrected chi connectivity index (χ3v) is 6.15. The molecule has 0 aliphatic rings. The molecule has 0 aliphatic carbocycles. The topological polar surface area (TPSA) is 102 Å². The fourth-order valence-electron chi connectivity index (χ4n) is 2.82. The molecule has 0 aliphatic heterocycles. The lowest BCUT2D eigenvalue weighted by molar-refractivity contribution is 0.0600. The molecule has 2 N–H and O–H groups in total. The van der Waals surface area contributed by atoms with Crippen molar-refractivity contribution in [2.45, 2.75) is 18.7 Å². The molecule has 3 rings (SSSR count). The highest BCUT2D eigenvalue weighted by Crippen LogP contribution is 2.20. The number of ether oxygens (including phenoxy) is 1. The monoisotopic (exact) mass is 438 g/mol. The van der Waals surface area contributed by atoms with Gasteiger partial charge in [0.1, 0.15) is 0 Å². The molecule has 0 heterocycles. The summed E-state index contributed by atoms with van der Waals surface area (Å²) < 4.78 is 32.4. The van der Waals surface area contributed by atoms with Crippen LogP contribution in [0.25, 0.3) is 0 Å². The largest absolute Gasteiger partial charge is 0.465 e. The van der Waals surface area contributed by atoms with E-state index in [1.165, 1.54) is 43.5 Å². The van der Waals surface area contributed by atoms with Crippen LogP contribution in [0.1, 0.15) is 31.8 Å². The SMILES string of the molecule is COC(=O)c1ccc(NC(=O)c2ccc(S(=O)(=O)Nc3ccc(C)c(C)c3)cc2)cc1. The summed E-state index contributed by atoms with van der Waals surface area (Å²) in [6.45, 7) is 3.86. The van der Waals surface area contributed by atoms with Crippen LogP contribution in [0.5, 0.6) is 0 Å². The van der Waals surface area contributed by atoms with Crippen LogP contribution in [0.2, 0.25) is 0 Å². The highest BCUT2D eigenvalue weighted by Gasteiger charge is 2.16. The van der Waals surface area contributed by atoms with E-state index in [1.807, 2.05) is 19.9 Å². The Labute approximate surface area is 181 Å². The molecule has 0 saturated heterocycles. The molecular formula is C23H22N2O5S. The Morgan fingerprint density at radius 2 is 1.35 bits per heavy atom. The van der Waals surface area contributed by atoms with E-state index >= 15 is 0 Å². The third kappa shape index (κ3) is 5.29. The van der Waals surface area contributed by atoms with E-state index in [2.05, 4.69) is 14.8 Å². The number of anilines is 2. The van der Waals surface area contributed by atoms with E-state index in [9.17, 15) is 18.0 Å². The summed E-state index contributed by atoms with van der Waals surface area (Å²) in [6, 6.07) is 17.2. The molecule has 0 radical (unpaired) electrons. The van der Waals surface area contributed by atoms with Crippen LogP contribution >= 0.6 is 0 Å². The Hall–Kier alpha value is -3.65. The van der Waals surface area contributed by atoms with Crippen molar-refractivity contribution in [3.63, 3.8) is 0 Å². The fourth-order valence-corrected chi connectivity index (χ4v) is 3.86. The van der Waals surface area contributed by atoms with Crippen molar-refractivity contribution in [1.29, 1.82) is 0 Å². The molecule has 0 fully saturated rings. The highest BCUT2D eigenvalue weighted by atomic mass is 32.2. The van der Waals surface area contributed by atoms with Crippen molar-refractivity contribution in [3.8, 4) is 0 Å². The fraction of sp³-hybridized carbons (Fsp3) is 0.130. The Kier molecular flexibility index (Phi) is 6.41. The number of aryl methyl sites for hydroxylation is 2. The normalized spacial score (nSPS) is 10.9. The molecule has 7 nitrogen and oxygen atoms in total. The van der Waals surface area contributed by atoms with E-state index < -0.39 is 21.9 Å². The average Bonchev–Trinajstić information content (AvgIpc) is 2.76. The second-order valence-electron chi connectivity index (χ2n) is 6.95. The lowest BCUT2D eigenvalue weighted by Crippen LogP contribution is -2.15. The summed E-state index contributed by atoms with van der Waals surface area (Å²) in [5, 5.41) is 2.70. The lowest BCUT2D eigenvalue weighted by atomic mass is 10.1. The standard InChI is InChI=1S/C23H22N2O5S/c1-15-4-9-20(14-16(15)2)25-31(28,29)21-12-7-17(8-13-21)22(26)24-19-10-5-18(6-11-19)23(27)30-3/h4-14,25H,1-3H3,(H,24,26). The molecule has 0 atom stereocenters. The molecule has 8 heteroatoms. The van der Waals surface area contributed by atoms with Gasteiger partial charge in [0, 0.05) is 16.9 Å². The van der Waals surface area contributed by atoms with Gasteiger partial charge in [0.2, 0.25) is 0 Å². The van der Waals surface area contributed by atoms with Crippen molar-refractivity contribution < 1.29 is 22.7 Å². The van der Waals surface area contributed by atoms with Gasteiger partial charge in [0.05, 0.1) is 17.6 Å². The van der Waals surface area contributed by atoms with Gasteiger partial charge in [-0.3, -0.25) is 9.52 Å². The minimum absolute atomic E-state index is 0.0460. The predicted octanol–water partition coefficient (Wildman–Crippen LogP) is 4.14. The van der Waals surface area contributed by atoms with Crippen molar-refractivity contribution in [1.82, 2.24) is 0 Å². The van der Waals surface area contributed by atoms with Crippen LogP contribution in [0.3, 0.4) is 0 Å². The summed E-state index contributed by atoms with van der Waals surface area (Å²) in [5.74, 6) is -0.874. The van der Waals surface area contributed by atoms with Crippen molar-refractivity contribution >= 4 is 33.3 Å². The van der Waals surface area contributed by atoms with Crippen LogP contribution in [0.15, 0.2) is 71.6 Å². The number of hydrogen-bond donors (Lipinski definition) is 2. The quantitative estimate of drug-likeness (QED) is 0.563. The second kappa shape index (κ2) is 9.01. The van der Waals surface area contributed by atoms with Crippen molar-refractivity contribution in [2.24, 2.45) is 0 Å². The summed E-state index contributed by atoms with van der Waals surface area (Å²) in [6.07, 6.45) is 0. The van der Waals surface area contributed by atoms with E-state index in [1.54, 1.807) is 24.3 Å². The first-order chi connectivity index (χ1) is 14.7. The van der Waals surface area contributed by atoms with Crippen molar-refractivity contribution in [3.05, 3.63) is 89.0 Å². The molecule has 0 saturated carbocycles. The number of benzene rings is 3. The molecule has 3 aromatic rings. The molecule has 31 heavy (non-hydrogen) atoms. The van der Waals surface area contributed by atoms with Gasteiger partial charge in [-0.15, -0.1) is 0 Å². The number of hydrogen-bond acceptors (Lipinski definition) is 5. The molecule has 0 bridgehead atoms. The van der Waals surface area contributed by atoms with Gasteiger partial charge in [-0.05, 0) is 85.6 Å². The molecule has 0 spiro atoms. The van der Waals surface area contributed by atoms with Crippen LogP contribution in [0.4, 0.5) is 11.4 Å². The Balaban J connectivity index is 1.70. The van der Waals surface area contributed by atoms with Gasteiger partial charge < -0.3 is 10.1 Å². The number of carbonyl (C=O) groups is 2. The molecule has 0 unspecified atom stereocenters. The highest BCUT2D eigenvalue weighted by molar-refractivity contribution is 7.92. The number of nitrogens with one attached hydrogen (secondary N) is 2. The number of esters is 1. The van der Waals surface area contributed by atoms with Crippen LogP contribution in [0, 0.1) is 13.8 Å². The maximum absolute atomic E-state index is 12.6. The van der Waals surface area contributed by atoms with Gasteiger partial charge >= 0.3 is 5.97 Å². The first-order valence-corrected chi connectivity index (χ1v) is 10.9. The summed E-state index contributed by atoms with van der Waals surface area (Å²) in [5.41, 5.74) is 3.67. The van der Waals surface area contributed by atoms with Gasteiger partial charge in [0.15, 0.2) is 0 Å². The van der Waals surface area contributed by atoms with E-state index in [0.717, 1.165) is 11.1 Å². The van der Waals surface area contributed by atoms with Gasteiger partial charge in [0.25, 0.3) is 15.9 Å². The Morgan fingerprint density at radius 3 is 1.94 bits per heavy atom. The number of amides is 1. The summed E-state index contributed by atoms with van der Waals surface area (Å²) >= 11 is 0. The van der Waals surface area contributed by atoms with Crippen molar-refractivity contribution in [2.75, 3.05) is 17.1 Å². The zero-order chi connectivity index (χ0) is 22.6. The number of sulfonamides is 1. The number of carbonyl (C=O) groups excluding carboxylic acids is 2. The summed E-state index contributed by atoms with van der Waals surface area (Å²) in [7, 11) is -2.49. The first kappa shape index (κ1) is 22.0. The molecule has 1 amide bonds. The minimum atomic E-state index is -3.79. The zero-order valence-corrected chi connectivity index (χ0v) is 18.1. The van der Waals surface area contributed by atoms with Crippen LogP contribution in [-0.2, 0) is 14.8 Å². The van der Waals surface area contributed by atoms with Gasteiger partial charge in [-0.2, -0.15) is 0 Å². The Bertz CT molecular complexity index is 1220. The molecule has 0 aromatic heterocycles. The molecule has 160 valence electrons. The van der Waals surface area contributed by atoms with E-state index in [0.29, 0.717) is 22.5 Å². The zero-order valence-electron chi connectivity index (χ0n) is 17.3. The number of rotatable bonds is 6. The first-order valence-electron chi connectivity index (χ1n) is 9.39. The smallest absolute Gasteiger partial charge is 0.337 e.